The van der Waals surface area contributed by atoms with E-state index in [0.29, 0.717) is 23.6 Å². The summed E-state index contributed by atoms with van der Waals surface area (Å²) in [5, 5.41) is 5.47. The summed E-state index contributed by atoms with van der Waals surface area (Å²) in [6.45, 7) is 0. The van der Waals surface area contributed by atoms with E-state index in [1.54, 1.807) is 12.1 Å². The van der Waals surface area contributed by atoms with Gasteiger partial charge in [0.15, 0.2) is 0 Å². The number of fused-ring (bicyclic) bond motifs is 1. The van der Waals surface area contributed by atoms with Crippen molar-refractivity contribution in [1.29, 1.82) is 0 Å². The third kappa shape index (κ3) is 7.38. The van der Waals surface area contributed by atoms with Gasteiger partial charge in [-0.25, -0.2) is 0 Å². The van der Waals surface area contributed by atoms with Crippen molar-refractivity contribution in [2.75, 3.05) is 6.16 Å². The van der Waals surface area contributed by atoms with Crippen LogP contribution < -0.4 is 28.1 Å². The maximum absolute atomic E-state index is 12.9. The molecular formula is C33H50BrN2O3P. The summed E-state index contributed by atoms with van der Waals surface area (Å²) < 4.78 is 0. The van der Waals surface area contributed by atoms with Crippen LogP contribution in [0.3, 0.4) is 0 Å². The predicted molar refractivity (Wildman–Crippen MR) is 165 cm³/mol. The zero-order valence-corrected chi connectivity index (χ0v) is 26.8. The van der Waals surface area contributed by atoms with Crippen LogP contribution in [0.2, 0.25) is 0 Å². The molecule has 0 radical (unpaired) electrons. The highest BCUT2D eigenvalue weighted by Gasteiger charge is 2.56. The van der Waals surface area contributed by atoms with Gasteiger partial charge in [0.25, 0.3) is 11.1 Å². The monoisotopic (exact) mass is 632 g/mol. The Balaban J connectivity index is 0.00000370. The molecule has 1 aromatic heterocycles. The van der Waals surface area contributed by atoms with Gasteiger partial charge in [-0.2, -0.15) is 0 Å². The molecule has 0 atom stereocenters. The fraction of sp³-hybridized carbons (Fsp3) is 0.727. The highest BCUT2D eigenvalue weighted by atomic mass is 79.9. The zero-order valence-electron chi connectivity index (χ0n) is 24.4. The third-order valence-electron chi connectivity index (χ3n) is 10.5. The van der Waals surface area contributed by atoms with Crippen molar-refractivity contribution in [3.8, 4) is 0 Å². The summed E-state index contributed by atoms with van der Waals surface area (Å²) in [6, 6.07) is 5.18. The number of aromatic amines is 2. The minimum atomic E-state index is -1.02. The van der Waals surface area contributed by atoms with Gasteiger partial charge in [0.2, 0.25) is 0 Å². The Hall–Kier alpha value is -1.26. The van der Waals surface area contributed by atoms with Gasteiger partial charge in [0.05, 0.1) is 33.9 Å². The van der Waals surface area contributed by atoms with Crippen molar-refractivity contribution in [2.45, 2.75) is 145 Å². The molecule has 3 saturated carbocycles. The molecule has 0 aliphatic heterocycles. The fourth-order valence-corrected chi connectivity index (χ4v) is 16.3. The number of carbonyl (C=O) groups excluding carboxylic acids is 1. The van der Waals surface area contributed by atoms with Crippen molar-refractivity contribution in [3.05, 3.63) is 44.5 Å². The molecule has 2 N–H and O–H groups in total. The number of carbonyl (C=O) groups is 1. The number of nitrogens with one attached hydrogen (secondary N) is 2. The van der Waals surface area contributed by atoms with Gasteiger partial charge in [-0.05, 0) is 114 Å². The van der Waals surface area contributed by atoms with E-state index in [0.717, 1.165) is 29.0 Å². The average molecular weight is 634 g/mol. The Morgan fingerprint density at radius 1 is 0.675 bits per heavy atom. The van der Waals surface area contributed by atoms with Gasteiger partial charge in [-0.15, -0.1) is 0 Å². The Morgan fingerprint density at radius 3 is 1.70 bits per heavy atom. The Labute approximate surface area is 251 Å². The second kappa shape index (κ2) is 15.3. The van der Waals surface area contributed by atoms with E-state index >= 15 is 0 Å². The summed E-state index contributed by atoms with van der Waals surface area (Å²) >= 11 is 0. The molecule has 3 fully saturated rings. The number of aromatic nitrogens is 2. The van der Waals surface area contributed by atoms with E-state index in [4.69, 9.17) is 0 Å². The molecule has 1 aromatic carbocycles. The highest BCUT2D eigenvalue weighted by molar-refractivity contribution is 7.77. The lowest BCUT2D eigenvalue weighted by molar-refractivity contribution is -0.118. The lowest BCUT2D eigenvalue weighted by atomic mass is 9.99. The molecule has 5 nitrogen and oxygen atoms in total. The largest absolute Gasteiger partial charge is 1.00 e. The predicted octanol–water partition coefficient (Wildman–Crippen LogP) is 4.91. The van der Waals surface area contributed by atoms with Crippen molar-refractivity contribution in [3.63, 3.8) is 0 Å². The number of Topliss-reactive ketones (excluding diaryl/α,β-unsaturated/α-hetero) is 1. The minimum absolute atomic E-state index is 0. The first-order valence-electron chi connectivity index (χ1n) is 16.2. The van der Waals surface area contributed by atoms with Crippen molar-refractivity contribution in [2.24, 2.45) is 0 Å². The molecule has 1 heterocycles. The van der Waals surface area contributed by atoms with E-state index in [9.17, 15) is 14.4 Å². The van der Waals surface area contributed by atoms with Gasteiger partial charge in [-0.1, -0.05) is 25.3 Å². The van der Waals surface area contributed by atoms with Gasteiger partial charge < -0.3 is 17.0 Å². The lowest BCUT2D eigenvalue weighted by Gasteiger charge is -2.49. The van der Waals surface area contributed by atoms with E-state index in [-0.39, 0.29) is 33.9 Å². The Morgan fingerprint density at radius 2 is 1.18 bits per heavy atom. The average Bonchev–Trinajstić information content (AvgIpc) is 2.98. The molecular weight excluding hydrogens is 583 g/mol. The summed E-state index contributed by atoms with van der Waals surface area (Å²) in [6.07, 6.45) is 28.2. The fourth-order valence-electron chi connectivity index (χ4n) is 8.66. The molecule has 0 bridgehead atoms. The summed E-state index contributed by atoms with van der Waals surface area (Å²) in [7, 11) is -1.02. The molecule has 5 rings (SSSR count). The maximum Gasteiger partial charge on any atom is 0.270 e. The first-order valence-corrected chi connectivity index (χ1v) is 18.4. The molecule has 222 valence electrons. The summed E-state index contributed by atoms with van der Waals surface area (Å²) in [5.74, 6) is 0.239. The molecule has 0 unspecified atom stereocenters. The van der Waals surface area contributed by atoms with Crippen LogP contribution in [0, 0.1) is 0 Å². The van der Waals surface area contributed by atoms with Crippen LogP contribution in [-0.2, 0) is 11.2 Å². The van der Waals surface area contributed by atoms with E-state index in [1.165, 1.54) is 115 Å². The van der Waals surface area contributed by atoms with Crippen LogP contribution in [0.4, 0.5) is 0 Å². The summed E-state index contributed by atoms with van der Waals surface area (Å²) in [4.78, 5) is 36.9. The maximum atomic E-state index is 12.9. The number of hydrogen-bond acceptors (Lipinski definition) is 3. The second-order valence-electron chi connectivity index (χ2n) is 12.9. The number of ketones is 1. The molecule has 0 amide bonds. The number of unbranched alkanes of at least 4 members (excludes halogenated alkanes) is 2. The Bertz CT molecular complexity index is 1160. The normalized spacial score (nSPS) is 19.9. The van der Waals surface area contributed by atoms with E-state index in [2.05, 4.69) is 10.2 Å². The van der Waals surface area contributed by atoms with E-state index < -0.39 is 7.26 Å². The standard InChI is InChI=1S/C33H49N2O3P.BrH/c36-26(23-25-20-21-30-31(24-25)33(38)35-34-32(30)37)13-5-4-12-22-39(27-14-6-1-7-15-27,28-16-8-2-9-17-28)29-18-10-3-11-19-29;/h20-21,24,27-29H,1-19,22-23H2,(H-,34,35,37,38);1H. The van der Waals surface area contributed by atoms with Crippen LogP contribution in [-0.4, -0.2) is 39.1 Å². The molecule has 3 aliphatic rings. The van der Waals surface area contributed by atoms with Crippen LogP contribution in [0.15, 0.2) is 27.8 Å². The molecule has 7 heteroatoms. The SMILES string of the molecule is O=C(CCCCC[P+](C1CCCCC1)(C1CCCCC1)C1CCCCC1)Cc1ccc2c(=O)[nH][nH]c(=O)c2c1.[Br-]. The van der Waals surface area contributed by atoms with Crippen LogP contribution in [0.5, 0.6) is 0 Å². The van der Waals surface area contributed by atoms with Crippen molar-refractivity contribution >= 4 is 23.8 Å². The first kappa shape index (κ1) is 31.7. The van der Waals surface area contributed by atoms with Crippen LogP contribution >= 0.6 is 7.26 Å². The van der Waals surface area contributed by atoms with E-state index in [1.807, 2.05) is 6.07 Å². The number of benzene rings is 1. The highest BCUT2D eigenvalue weighted by Crippen LogP contribution is 2.77. The topological polar surface area (TPSA) is 82.8 Å². The van der Waals surface area contributed by atoms with Gasteiger partial charge in [-0.3, -0.25) is 24.6 Å². The number of hydrogen-bond donors (Lipinski definition) is 2. The summed E-state index contributed by atoms with van der Waals surface area (Å²) in [5.41, 5.74) is 3.32. The lowest BCUT2D eigenvalue weighted by Crippen LogP contribution is -3.00. The molecule has 3 aliphatic carbocycles. The van der Waals surface area contributed by atoms with Gasteiger partial charge >= 0.3 is 0 Å². The number of halogens is 1. The second-order valence-corrected chi connectivity index (χ2v) is 17.5. The van der Waals surface area contributed by atoms with Crippen LogP contribution in [0.1, 0.15) is 128 Å². The van der Waals surface area contributed by atoms with Crippen LogP contribution in [0.25, 0.3) is 10.8 Å². The molecule has 2 aromatic rings. The van der Waals surface area contributed by atoms with Crippen molar-refractivity contribution in [1.82, 2.24) is 10.2 Å². The molecule has 0 saturated heterocycles. The zero-order chi connectivity index (χ0) is 27.1. The van der Waals surface area contributed by atoms with Gasteiger partial charge in [0, 0.05) is 20.1 Å². The third-order valence-corrected chi connectivity index (χ3v) is 17.2. The van der Waals surface area contributed by atoms with Crippen molar-refractivity contribution < 1.29 is 21.8 Å². The number of rotatable bonds is 11. The molecule has 40 heavy (non-hydrogen) atoms. The quantitative estimate of drug-likeness (QED) is 0.273. The van der Waals surface area contributed by atoms with Gasteiger partial charge in [0.1, 0.15) is 5.78 Å². The number of H-pyrrole nitrogens is 2. The first-order chi connectivity index (χ1) is 19.1. The Kier molecular flexibility index (Phi) is 12.1. The molecule has 0 spiro atoms. The minimum Gasteiger partial charge on any atom is -1.00 e. The smallest absolute Gasteiger partial charge is 0.270 e.